The first-order valence-corrected chi connectivity index (χ1v) is 6.48. The third kappa shape index (κ3) is 4.72. The van der Waals surface area contributed by atoms with Crippen molar-refractivity contribution >= 4 is 17.2 Å². The fraction of sp³-hybridized carbons (Fsp3) is 0.636. The number of carbonyl (C=O) groups excluding carboxylic acids is 1. The van der Waals surface area contributed by atoms with Gasteiger partial charge in [0.2, 0.25) is 5.91 Å². The van der Waals surface area contributed by atoms with Gasteiger partial charge in [0, 0.05) is 30.9 Å². The number of nitrogens with zero attached hydrogens (tertiary/aromatic N) is 1. The second-order valence-electron chi connectivity index (χ2n) is 3.64. The first-order chi connectivity index (χ1) is 7.74. The molecule has 1 aromatic heterocycles. The molecule has 0 atom stereocenters. The van der Waals surface area contributed by atoms with Gasteiger partial charge in [-0.1, -0.05) is 6.92 Å². The second kappa shape index (κ2) is 7.35. The van der Waals surface area contributed by atoms with Crippen molar-refractivity contribution in [2.75, 3.05) is 13.1 Å². The maximum Gasteiger partial charge on any atom is 0.221 e. The molecule has 1 rings (SSSR count). The van der Waals surface area contributed by atoms with Gasteiger partial charge < -0.3 is 10.6 Å². The Morgan fingerprint density at radius 3 is 2.94 bits per heavy atom. The van der Waals surface area contributed by atoms with Crippen molar-refractivity contribution in [3.63, 3.8) is 0 Å². The van der Waals surface area contributed by atoms with Gasteiger partial charge in [0.25, 0.3) is 0 Å². The Labute approximate surface area is 100 Å². The molecule has 0 aromatic carbocycles. The number of rotatable bonds is 7. The van der Waals surface area contributed by atoms with Gasteiger partial charge in [0.15, 0.2) is 0 Å². The Hall–Kier alpha value is -0.940. The Morgan fingerprint density at radius 2 is 2.31 bits per heavy atom. The predicted molar refractivity (Wildman–Crippen MR) is 66.5 cm³/mol. The average Bonchev–Trinajstić information content (AvgIpc) is 2.67. The average molecular weight is 241 g/mol. The van der Waals surface area contributed by atoms with Gasteiger partial charge in [-0.2, -0.15) is 0 Å². The van der Waals surface area contributed by atoms with Crippen LogP contribution in [-0.2, 0) is 11.3 Å². The molecule has 0 unspecified atom stereocenters. The van der Waals surface area contributed by atoms with E-state index in [1.54, 1.807) is 11.3 Å². The molecule has 0 spiro atoms. The van der Waals surface area contributed by atoms with E-state index in [0.29, 0.717) is 13.0 Å². The van der Waals surface area contributed by atoms with Crippen LogP contribution in [0.2, 0.25) is 0 Å². The zero-order valence-electron chi connectivity index (χ0n) is 9.88. The molecule has 2 N–H and O–H groups in total. The fourth-order valence-corrected chi connectivity index (χ4v) is 2.00. The summed E-state index contributed by atoms with van der Waals surface area (Å²) in [6.07, 6.45) is 1.52. The predicted octanol–water partition coefficient (Wildman–Crippen LogP) is 1.46. The first-order valence-electron chi connectivity index (χ1n) is 5.60. The third-order valence-corrected chi connectivity index (χ3v) is 3.17. The van der Waals surface area contributed by atoms with Gasteiger partial charge in [0.05, 0.1) is 11.2 Å². The van der Waals surface area contributed by atoms with Gasteiger partial charge in [-0.3, -0.25) is 4.79 Å². The molecule has 1 heterocycles. The summed E-state index contributed by atoms with van der Waals surface area (Å²) in [7, 11) is 0. The molecular weight excluding hydrogens is 222 g/mol. The van der Waals surface area contributed by atoms with E-state index in [1.165, 1.54) is 4.88 Å². The molecule has 0 bridgehead atoms. The lowest BCUT2D eigenvalue weighted by molar-refractivity contribution is -0.120. The quantitative estimate of drug-likeness (QED) is 0.711. The number of hydrogen-bond donors (Lipinski definition) is 2. The largest absolute Gasteiger partial charge is 0.356 e. The minimum Gasteiger partial charge on any atom is -0.356 e. The zero-order chi connectivity index (χ0) is 11.8. The number of aryl methyl sites for hydroxylation is 1. The molecule has 0 saturated heterocycles. The highest BCUT2D eigenvalue weighted by atomic mass is 32.1. The standard InChI is InChI=1S/C11H19N3OS/c1-3-5-13-11(15)4-6-12-7-10-9(2)14-8-16-10/h8,12H,3-7H2,1-2H3,(H,13,15). The minimum absolute atomic E-state index is 0.121. The molecular formula is C11H19N3OS. The maximum atomic E-state index is 11.3. The zero-order valence-corrected chi connectivity index (χ0v) is 10.7. The van der Waals surface area contributed by atoms with Crippen molar-refractivity contribution in [1.29, 1.82) is 0 Å². The SMILES string of the molecule is CCCNC(=O)CCNCc1scnc1C. The summed E-state index contributed by atoms with van der Waals surface area (Å²) in [5.41, 5.74) is 2.92. The van der Waals surface area contributed by atoms with Crippen LogP contribution >= 0.6 is 11.3 Å². The van der Waals surface area contributed by atoms with Gasteiger partial charge in [0.1, 0.15) is 0 Å². The molecule has 4 nitrogen and oxygen atoms in total. The van der Waals surface area contributed by atoms with Gasteiger partial charge in [-0.05, 0) is 13.3 Å². The highest BCUT2D eigenvalue weighted by Gasteiger charge is 2.02. The summed E-state index contributed by atoms with van der Waals surface area (Å²) in [6, 6.07) is 0. The topological polar surface area (TPSA) is 54.0 Å². The highest BCUT2D eigenvalue weighted by molar-refractivity contribution is 7.09. The summed E-state index contributed by atoms with van der Waals surface area (Å²) in [5, 5.41) is 6.09. The van der Waals surface area contributed by atoms with Crippen molar-refractivity contribution < 1.29 is 4.79 Å². The van der Waals surface area contributed by atoms with Crippen molar-refractivity contribution in [2.24, 2.45) is 0 Å². The van der Waals surface area contributed by atoms with Crippen molar-refractivity contribution in [2.45, 2.75) is 33.2 Å². The van der Waals surface area contributed by atoms with E-state index < -0.39 is 0 Å². The molecule has 0 radical (unpaired) electrons. The maximum absolute atomic E-state index is 11.3. The number of nitrogens with one attached hydrogen (secondary N) is 2. The first kappa shape index (κ1) is 13.1. The third-order valence-electron chi connectivity index (χ3n) is 2.23. The van der Waals surface area contributed by atoms with Gasteiger partial charge >= 0.3 is 0 Å². The van der Waals surface area contributed by atoms with E-state index in [0.717, 1.165) is 25.2 Å². The molecule has 1 amide bonds. The number of carbonyl (C=O) groups is 1. The molecule has 16 heavy (non-hydrogen) atoms. The lowest BCUT2D eigenvalue weighted by Gasteiger charge is -2.04. The van der Waals surface area contributed by atoms with Crippen LogP contribution in [0, 0.1) is 6.92 Å². The summed E-state index contributed by atoms with van der Waals surface area (Å²) >= 11 is 1.65. The van der Waals surface area contributed by atoms with Crippen LogP contribution in [0.5, 0.6) is 0 Å². The summed E-state index contributed by atoms with van der Waals surface area (Å²) in [4.78, 5) is 16.7. The summed E-state index contributed by atoms with van der Waals surface area (Å²) in [6.45, 7) is 6.34. The van der Waals surface area contributed by atoms with E-state index in [4.69, 9.17) is 0 Å². The fourth-order valence-electron chi connectivity index (χ4n) is 1.25. The lowest BCUT2D eigenvalue weighted by atomic mass is 10.3. The highest BCUT2D eigenvalue weighted by Crippen LogP contribution is 2.10. The Kier molecular flexibility index (Phi) is 6.03. The molecule has 0 fully saturated rings. The van der Waals surface area contributed by atoms with Crippen LogP contribution in [-0.4, -0.2) is 24.0 Å². The van der Waals surface area contributed by atoms with Crippen LogP contribution in [0.1, 0.15) is 30.3 Å². The summed E-state index contributed by atoms with van der Waals surface area (Å²) in [5.74, 6) is 0.121. The number of aromatic nitrogens is 1. The van der Waals surface area contributed by atoms with Crippen LogP contribution in [0.25, 0.3) is 0 Å². The van der Waals surface area contributed by atoms with Crippen LogP contribution < -0.4 is 10.6 Å². The molecule has 90 valence electrons. The monoisotopic (exact) mass is 241 g/mol. The van der Waals surface area contributed by atoms with E-state index >= 15 is 0 Å². The second-order valence-corrected chi connectivity index (χ2v) is 4.58. The molecule has 0 aliphatic rings. The summed E-state index contributed by atoms with van der Waals surface area (Å²) < 4.78 is 0. The molecule has 5 heteroatoms. The van der Waals surface area contributed by atoms with E-state index in [1.807, 2.05) is 19.4 Å². The van der Waals surface area contributed by atoms with Gasteiger partial charge in [-0.15, -0.1) is 11.3 Å². The van der Waals surface area contributed by atoms with E-state index in [9.17, 15) is 4.79 Å². The number of hydrogen-bond acceptors (Lipinski definition) is 4. The Bertz CT molecular complexity index is 325. The molecule has 0 aliphatic carbocycles. The minimum atomic E-state index is 0.121. The van der Waals surface area contributed by atoms with E-state index in [-0.39, 0.29) is 5.91 Å². The lowest BCUT2D eigenvalue weighted by Crippen LogP contribution is -2.27. The van der Waals surface area contributed by atoms with Crippen LogP contribution in [0.4, 0.5) is 0 Å². The normalized spacial score (nSPS) is 10.4. The number of amides is 1. The van der Waals surface area contributed by atoms with E-state index in [2.05, 4.69) is 15.6 Å². The van der Waals surface area contributed by atoms with Crippen LogP contribution in [0.15, 0.2) is 5.51 Å². The van der Waals surface area contributed by atoms with Gasteiger partial charge in [-0.25, -0.2) is 4.98 Å². The van der Waals surface area contributed by atoms with Crippen LogP contribution in [0.3, 0.4) is 0 Å². The van der Waals surface area contributed by atoms with Crippen molar-refractivity contribution in [1.82, 2.24) is 15.6 Å². The molecule has 1 aromatic rings. The van der Waals surface area contributed by atoms with Crippen molar-refractivity contribution in [3.05, 3.63) is 16.1 Å². The number of thiazole rings is 1. The Balaban J connectivity index is 2.08. The molecule has 0 saturated carbocycles. The Morgan fingerprint density at radius 1 is 1.50 bits per heavy atom. The van der Waals surface area contributed by atoms with Crippen molar-refractivity contribution in [3.8, 4) is 0 Å². The molecule has 0 aliphatic heterocycles. The smallest absolute Gasteiger partial charge is 0.221 e.